The number of hydrogen-bond donors (Lipinski definition) is 2. The van der Waals surface area contributed by atoms with E-state index in [0.29, 0.717) is 38.0 Å². The zero-order chi connectivity index (χ0) is 28.2. The van der Waals surface area contributed by atoms with Crippen LogP contribution < -0.4 is 9.80 Å². The van der Waals surface area contributed by atoms with Crippen LogP contribution in [0, 0.1) is 5.92 Å². The smallest absolute Gasteiger partial charge is 0.268 e. The fraction of sp³-hybridized carbons (Fsp3) is 0.448. The number of carbonyl (C=O) groups is 2. The normalized spacial score (nSPS) is 26.1. The topological polar surface area (TPSA) is 121 Å². The second kappa shape index (κ2) is 9.91. The average molecular weight is 562 g/mol. The van der Waals surface area contributed by atoms with E-state index in [2.05, 4.69) is 10.3 Å². The number of rotatable bonds is 8. The van der Waals surface area contributed by atoms with Gasteiger partial charge in [0.2, 0.25) is 5.91 Å². The van der Waals surface area contributed by atoms with Gasteiger partial charge < -0.3 is 19.5 Å². The van der Waals surface area contributed by atoms with Crippen LogP contribution in [0.2, 0.25) is 18.6 Å². The van der Waals surface area contributed by atoms with Crippen molar-refractivity contribution in [2.24, 2.45) is 5.92 Å². The highest BCUT2D eigenvalue weighted by atomic mass is 28.4. The van der Waals surface area contributed by atoms with Crippen LogP contribution in [0.25, 0.3) is 0 Å². The number of β-lactam (4-membered cyclic amide) rings is 1. The largest absolute Gasteiger partial charge is 0.432 e. The molecule has 4 atom stereocenters. The summed E-state index contributed by atoms with van der Waals surface area (Å²) in [6, 6.07) is 15.3. The minimum absolute atomic E-state index is 0.00128. The third-order valence-corrected chi connectivity index (χ3v) is 11.2. The van der Waals surface area contributed by atoms with Crippen molar-refractivity contribution in [3.8, 4) is 0 Å². The molecule has 40 heavy (non-hydrogen) atoms. The highest BCUT2D eigenvalue weighted by molar-refractivity contribution is 6.71. The van der Waals surface area contributed by atoms with E-state index in [4.69, 9.17) is 4.74 Å². The van der Waals surface area contributed by atoms with E-state index in [1.54, 1.807) is 14.5 Å². The van der Waals surface area contributed by atoms with Crippen LogP contribution in [0.15, 0.2) is 54.7 Å². The van der Waals surface area contributed by atoms with Crippen LogP contribution in [0.5, 0.6) is 0 Å². The summed E-state index contributed by atoms with van der Waals surface area (Å²) in [6.45, 7) is 6.98. The average Bonchev–Trinajstić information content (AvgIpc) is 3.56. The molecule has 0 bridgehead atoms. The molecule has 0 unspecified atom stereocenters. The monoisotopic (exact) mass is 561 g/mol. The Balaban J connectivity index is 1.42. The van der Waals surface area contributed by atoms with Gasteiger partial charge in [-0.15, -0.1) is 5.10 Å². The Morgan fingerprint density at radius 2 is 1.90 bits per heavy atom. The van der Waals surface area contributed by atoms with E-state index in [1.165, 1.54) is 0 Å². The van der Waals surface area contributed by atoms with E-state index in [1.807, 2.05) is 74.7 Å². The number of amides is 2. The fourth-order valence-corrected chi connectivity index (χ4v) is 9.39. The van der Waals surface area contributed by atoms with Gasteiger partial charge in [-0.2, -0.15) is 0 Å². The van der Waals surface area contributed by atoms with Crippen LogP contribution in [0.3, 0.4) is 0 Å². The maximum absolute atomic E-state index is 14.6. The molecule has 1 aromatic heterocycles. The SMILES string of the molecule is C[C@H]1[C@H]([Si](C)(C)O)[C@@H](CCn2cc(CCO)nn2)O[C@]12C(=O)N(c1ccccc1)c1ccc(N3CCC3=O)cc12. The third-order valence-electron chi connectivity index (χ3n) is 8.65. The van der Waals surface area contributed by atoms with Crippen molar-refractivity contribution < 1.29 is 24.2 Å². The molecule has 3 aromatic rings. The second-order valence-electron chi connectivity index (χ2n) is 11.6. The van der Waals surface area contributed by atoms with Gasteiger partial charge in [-0.05, 0) is 49.8 Å². The lowest BCUT2D eigenvalue weighted by Gasteiger charge is -2.33. The number of aliphatic hydroxyl groups is 1. The van der Waals surface area contributed by atoms with Crippen LogP contribution in [-0.4, -0.2) is 64.3 Å². The highest BCUT2D eigenvalue weighted by Gasteiger charge is 2.66. The quantitative estimate of drug-likeness (QED) is 0.320. The molecule has 3 aliphatic rings. The summed E-state index contributed by atoms with van der Waals surface area (Å²) in [6.07, 6.45) is 2.90. The molecule has 0 saturated carbocycles. The molecule has 3 aliphatic heterocycles. The first-order valence-electron chi connectivity index (χ1n) is 13.9. The lowest BCUT2D eigenvalue weighted by Crippen LogP contribution is -2.45. The molecule has 210 valence electrons. The van der Waals surface area contributed by atoms with Crippen molar-refractivity contribution in [3.63, 3.8) is 0 Å². The third kappa shape index (κ3) is 4.19. The number of carbonyl (C=O) groups excluding carboxylic acids is 2. The lowest BCUT2D eigenvalue weighted by molar-refractivity contribution is -0.145. The minimum Gasteiger partial charge on any atom is -0.432 e. The molecule has 2 N–H and O–H groups in total. The zero-order valence-electron chi connectivity index (χ0n) is 23.0. The molecule has 0 aliphatic carbocycles. The van der Waals surface area contributed by atoms with Gasteiger partial charge in [-0.3, -0.25) is 19.2 Å². The van der Waals surface area contributed by atoms with Gasteiger partial charge in [0.25, 0.3) is 5.91 Å². The number of aryl methyl sites for hydroxylation is 1. The molecule has 10 nitrogen and oxygen atoms in total. The summed E-state index contributed by atoms with van der Waals surface area (Å²) in [5, 5.41) is 17.5. The van der Waals surface area contributed by atoms with Gasteiger partial charge >= 0.3 is 0 Å². The van der Waals surface area contributed by atoms with Gasteiger partial charge in [0, 0.05) is 67.1 Å². The fourth-order valence-electron chi connectivity index (χ4n) is 6.79. The number of anilines is 3. The number of nitrogens with zero attached hydrogens (tertiary/aromatic N) is 5. The Bertz CT molecular complexity index is 1440. The van der Waals surface area contributed by atoms with Gasteiger partial charge in [-0.25, -0.2) is 0 Å². The number of fused-ring (bicyclic) bond motifs is 2. The molecule has 0 radical (unpaired) electrons. The number of ether oxygens (including phenoxy) is 1. The summed E-state index contributed by atoms with van der Waals surface area (Å²) in [5.74, 6) is -0.427. The Morgan fingerprint density at radius 1 is 1.12 bits per heavy atom. The maximum atomic E-state index is 14.6. The van der Waals surface area contributed by atoms with E-state index < -0.39 is 20.0 Å². The van der Waals surface area contributed by atoms with Crippen molar-refractivity contribution in [1.29, 1.82) is 0 Å². The number of aliphatic hydroxyl groups excluding tert-OH is 1. The molecule has 1 spiro atoms. The Hall–Kier alpha value is -3.38. The molecular formula is C29H35N5O5Si. The van der Waals surface area contributed by atoms with Gasteiger partial charge in [-0.1, -0.05) is 30.3 Å². The molecular weight excluding hydrogens is 526 g/mol. The molecule has 11 heteroatoms. The summed E-state index contributed by atoms with van der Waals surface area (Å²) >= 11 is 0. The number of para-hydroxylation sites is 1. The Labute approximate surface area is 234 Å². The van der Waals surface area contributed by atoms with Crippen LogP contribution in [-0.2, 0) is 32.9 Å². The highest BCUT2D eigenvalue weighted by Crippen LogP contribution is 2.61. The van der Waals surface area contributed by atoms with Crippen molar-refractivity contribution in [3.05, 3.63) is 66.0 Å². The van der Waals surface area contributed by atoms with Crippen molar-refractivity contribution in [2.75, 3.05) is 23.0 Å². The summed E-state index contributed by atoms with van der Waals surface area (Å²) in [4.78, 5) is 41.9. The lowest BCUT2D eigenvalue weighted by atomic mass is 9.82. The molecule has 6 rings (SSSR count). The van der Waals surface area contributed by atoms with Gasteiger partial charge in [0.15, 0.2) is 13.9 Å². The summed E-state index contributed by atoms with van der Waals surface area (Å²) in [7, 11) is -2.82. The van der Waals surface area contributed by atoms with Crippen molar-refractivity contribution in [1.82, 2.24) is 15.0 Å². The van der Waals surface area contributed by atoms with E-state index >= 15 is 0 Å². The number of aromatic nitrogens is 3. The zero-order valence-corrected chi connectivity index (χ0v) is 24.0. The first-order chi connectivity index (χ1) is 19.1. The first-order valence-corrected chi connectivity index (χ1v) is 16.9. The standard InChI is InChI=1S/C29H35N5O5Si/c1-19-27(40(2,3)38)25(11-14-32-18-20(13-16-35)30-31-32)39-29(19)23-17-22(33-15-12-26(33)36)9-10-24(23)34(28(29)37)21-7-5-4-6-8-21/h4-10,17-19,25,27,35,38H,11-16H2,1-3H3/t19-,25+,27-,29+/m0/s1. The first kappa shape index (κ1) is 26.8. The summed E-state index contributed by atoms with van der Waals surface area (Å²) < 4.78 is 8.64. The number of benzene rings is 2. The summed E-state index contributed by atoms with van der Waals surface area (Å²) in [5.41, 5.74) is 2.15. The van der Waals surface area contributed by atoms with Crippen LogP contribution >= 0.6 is 0 Å². The van der Waals surface area contributed by atoms with E-state index in [9.17, 15) is 19.5 Å². The molecule has 2 saturated heterocycles. The molecule has 4 heterocycles. The predicted octanol–water partition coefficient (Wildman–Crippen LogP) is 3.12. The molecule has 2 fully saturated rings. The van der Waals surface area contributed by atoms with Gasteiger partial charge in [0.05, 0.1) is 17.5 Å². The van der Waals surface area contributed by atoms with Crippen molar-refractivity contribution >= 4 is 37.2 Å². The molecule has 2 amide bonds. The Morgan fingerprint density at radius 3 is 2.55 bits per heavy atom. The van der Waals surface area contributed by atoms with Gasteiger partial charge in [0.1, 0.15) is 0 Å². The number of hydrogen-bond acceptors (Lipinski definition) is 7. The molecule has 2 aromatic carbocycles. The Kier molecular flexibility index (Phi) is 6.65. The maximum Gasteiger partial charge on any atom is 0.268 e. The second-order valence-corrected chi connectivity index (χ2v) is 15.5. The van der Waals surface area contributed by atoms with Crippen LogP contribution in [0.4, 0.5) is 17.1 Å². The van der Waals surface area contributed by atoms with Crippen molar-refractivity contribution in [2.45, 2.75) is 63.1 Å². The van der Waals surface area contributed by atoms with E-state index in [-0.39, 0.29) is 29.9 Å². The van der Waals surface area contributed by atoms with Crippen LogP contribution in [0.1, 0.15) is 31.0 Å². The minimum atomic E-state index is -2.82. The van der Waals surface area contributed by atoms with E-state index in [0.717, 1.165) is 22.6 Å². The predicted molar refractivity (Wildman–Crippen MR) is 152 cm³/mol.